The molecule has 0 radical (unpaired) electrons. The molecule has 0 saturated heterocycles. The summed E-state index contributed by atoms with van der Waals surface area (Å²) in [7, 11) is 0. The number of carbonyl (C=O) groups excluding carboxylic acids is 1. The Morgan fingerprint density at radius 2 is 2.18 bits per heavy atom. The molecule has 5 heteroatoms. The molecule has 1 aromatic heterocycles. The van der Waals surface area contributed by atoms with Crippen molar-refractivity contribution < 1.29 is 9.53 Å². The smallest absolute Gasteiger partial charge is 0.340 e. The minimum Gasteiger partial charge on any atom is -0.462 e. The first kappa shape index (κ1) is 13.8. The molecule has 0 atom stereocenters. The molecular weight excluding hydrogens is 236 g/mol. The average Bonchev–Trinajstić information content (AvgIpc) is 2.19. The lowest BCUT2D eigenvalue weighted by atomic mass is 10.2. The van der Waals surface area contributed by atoms with Crippen LogP contribution in [-0.4, -0.2) is 22.3 Å². The van der Waals surface area contributed by atoms with Gasteiger partial charge in [0.2, 0.25) is 0 Å². The van der Waals surface area contributed by atoms with Gasteiger partial charge >= 0.3 is 5.97 Å². The highest BCUT2D eigenvalue weighted by Gasteiger charge is 2.17. The molecule has 0 unspecified atom stereocenters. The molecule has 0 fully saturated rings. The first-order chi connectivity index (χ1) is 7.83. The van der Waals surface area contributed by atoms with Crippen molar-refractivity contribution >= 4 is 23.4 Å². The summed E-state index contributed by atoms with van der Waals surface area (Å²) < 4.78 is 4.97. The molecule has 4 nitrogen and oxygen atoms in total. The molecule has 17 heavy (non-hydrogen) atoms. The van der Waals surface area contributed by atoms with Crippen LogP contribution in [0.15, 0.2) is 17.3 Å². The summed E-state index contributed by atoms with van der Waals surface area (Å²) in [4.78, 5) is 15.8. The van der Waals surface area contributed by atoms with Crippen LogP contribution in [0.2, 0.25) is 0 Å². The fourth-order valence-electron chi connectivity index (χ4n) is 1.20. The number of esters is 1. The van der Waals surface area contributed by atoms with Crippen molar-refractivity contribution in [3.05, 3.63) is 17.8 Å². The van der Waals surface area contributed by atoms with Crippen molar-refractivity contribution in [2.24, 2.45) is 0 Å². The molecule has 0 saturated carbocycles. The van der Waals surface area contributed by atoms with Crippen molar-refractivity contribution in [1.29, 1.82) is 0 Å². The Balaban J connectivity index is 2.98. The van der Waals surface area contributed by atoms with Crippen molar-refractivity contribution in [2.75, 3.05) is 12.3 Å². The van der Waals surface area contributed by atoms with Gasteiger partial charge in [0.1, 0.15) is 0 Å². The van der Waals surface area contributed by atoms with Crippen LogP contribution >= 0.6 is 11.8 Å². The van der Waals surface area contributed by atoms with Gasteiger partial charge in [-0.05, 0) is 13.0 Å². The molecule has 1 rings (SSSR count). The predicted octanol–water partition coefficient (Wildman–Crippen LogP) is 2.73. The number of pyridine rings is 1. The van der Waals surface area contributed by atoms with Gasteiger partial charge in [-0.2, -0.15) is 0 Å². The number of nitrogen functional groups attached to an aromatic ring is 1. The highest BCUT2D eigenvalue weighted by Crippen LogP contribution is 2.31. The number of anilines is 1. The predicted molar refractivity (Wildman–Crippen MR) is 70.2 cm³/mol. The number of hydrogen-bond acceptors (Lipinski definition) is 5. The van der Waals surface area contributed by atoms with Crippen molar-refractivity contribution in [2.45, 2.75) is 37.5 Å². The Morgan fingerprint density at radius 1 is 1.53 bits per heavy atom. The Labute approximate surface area is 106 Å². The molecule has 1 heterocycles. The van der Waals surface area contributed by atoms with Crippen LogP contribution in [0.1, 0.15) is 38.1 Å². The first-order valence-electron chi connectivity index (χ1n) is 5.45. The van der Waals surface area contributed by atoms with Gasteiger partial charge in [0.25, 0.3) is 0 Å². The molecule has 0 spiro atoms. The Morgan fingerprint density at radius 3 is 2.71 bits per heavy atom. The Bertz CT molecular complexity index is 413. The lowest BCUT2D eigenvalue weighted by molar-refractivity contribution is 0.0527. The van der Waals surface area contributed by atoms with E-state index < -0.39 is 5.97 Å². The van der Waals surface area contributed by atoms with Crippen molar-refractivity contribution in [3.63, 3.8) is 0 Å². The van der Waals surface area contributed by atoms with Crippen molar-refractivity contribution in [1.82, 2.24) is 4.98 Å². The maximum absolute atomic E-state index is 11.6. The van der Waals surface area contributed by atoms with E-state index in [-0.39, 0.29) is 4.75 Å². The zero-order valence-electron chi connectivity index (χ0n) is 10.6. The van der Waals surface area contributed by atoms with Gasteiger partial charge in [-0.25, -0.2) is 9.78 Å². The molecular formula is C12H18N2O2S. The molecule has 2 N–H and O–H groups in total. The van der Waals surface area contributed by atoms with Crippen LogP contribution in [0.25, 0.3) is 0 Å². The van der Waals surface area contributed by atoms with E-state index in [9.17, 15) is 4.79 Å². The summed E-state index contributed by atoms with van der Waals surface area (Å²) in [6, 6.07) is 1.68. The van der Waals surface area contributed by atoms with Crippen LogP contribution in [0.3, 0.4) is 0 Å². The quantitative estimate of drug-likeness (QED) is 0.663. The van der Waals surface area contributed by atoms with E-state index in [1.807, 2.05) is 0 Å². The highest BCUT2D eigenvalue weighted by atomic mass is 32.2. The number of nitrogens with two attached hydrogens (primary N) is 1. The Kier molecular flexibility index (Phi) is 4.40. The SMILES string of the molecule is CCOC(=O)c1cc(SC(C)(C)C)ncc1N. The molecule has 0 amide bonds. The van der Waals surface area contributed by atoms with E-state index in [0.29, 0.717) is 17.9 Å². The third-order valence-corrected chi connectivity index (χ3v) is 2.86. The monoisotopic (exact) mass is 254 g/mol. The molecule has 1 aromatic rings. The number of carbonyl (C=O) groups is 1. The van der Waals surface area contributed by atoms with Gasteiger partial charge in [0.15, 0.2) is 0 Å². The van der Waals surface area contributed by atoms with Gasteiger partial charge in [-0.1, -0.05) is 20.8 Å². The summed E-state index contributed by atoms with van der Waals surface area (Å²) >= 11 is 1.58. The summed E-state index contributed by atoms with van der Waals surface area (Å²) in [6.07, 6.45) is 1.50. The van der Waals surface area contributed by atoms with E-state index in [4.69, 9.17) is 10.5 Å². The van der Waals surface area contributed by atoms with E-state index in [1.165, 1.54) is 6.20 Å². The standard InChI is InChI=1S/C12H18N2O2S/c1-5-16-11(15)8-6-10(14-7-9(8)13)17-12(2,3)4/h6-7H,5,13H2,1-4H3. The van der Waals surface area contributed by atoms with Gasteiger partial charge in [0.05, 0.1) is 29.1 Å². The topological polar surface area (TPSA) is 65.2 Å². The Hall–Kier alpha value is -1.23. The highest BCUT2D eigenvalue weighted by molar-refractivity contribution is 8.00. The normalized spacial score (nSPS) is 11.3. The van der Waals surface area contributed by atoms with Gasteiger partial charge in [0, 0.05) is 4.75 Å². The van der Waals surface area contributed by atoms with E-state index in [0.717, 1.165) is 5.03 Å². The largest absolute Gasteiger partial charge is 0.462 e. The third kappa shape index (κ3) is 4.26. The van der Waals surface area contributed by atoms with Crippen LogP contribution < -0.4 is 5.73 Å². The minimum absolute atomic E-state index is 0.0368. The summed E-state index contributed by atoms with van der Waals surface area (Å²) in [6.45, 7) is 8.35. The maximum Gasteiger partial charge on any atom is 0.340 e. The summed E-state index contributed by atoms with van der Waals surface area (Å²) in [5, 5.41) is 0.773. The molecule has 0 bridgehead atoms. The fraction of sp³-hybridized carbons (Fsp3) is 0.500. The molecule has 94 valence electrons. The number of ether oxygens (including phenoxy) is 1. The number of nitrogens with zero attached hydrogens (tertiary/aromatic N) is 1. The minimum atomic E-state index is -0.400. The lowest BCUT2D eigenvalue weighted by Gasteiger charge is -2.17. The first-order valence-corrected chi connectivity index (χ1v) is 6.27. The molecule has 0 aromatic carbocycles. The van der Waals surface area contributed by atoms with Crippen LogP contribution in [0, 0.1) is 0 Å². The van der Waals surface area contributed by atoms with E-state index in [1.54, 1.807) is 24.8 Å². The maximum atomic E-state index is 11.6. The fourth-order valence-corrected chi connectivity index (χ4v) is 2.11. The summed E-state index contributed by atoms with van der Waals surface area (Å²) in [5.41, 5.74) is 6.44. The van der Waals surface area contributed by atoms with Gasteiger partial charge in [-0.3, -0.25) is 0 Å². The second-order valence-corrected chi connectivity index (χ2v) is 6.39. The number of rotatable bonds is 3. The summed E-state index contributed by atoms with van der Waals surface area (Å²) in [5.74, 6) is -0.400. The van der Waals surface area contributed by atoms with Crippen LogP contribution in [-0.2, 0) is 4.74 Å². The second kappa shape index (κ2) is 5.40. The lowest BCUT2D eigenvalue weighted by Crippen LogP contribution is -2.11. The molecule has 0 aliphatic rings. The van der Waals surface area contributed by atoms with Crippen LogP contribution in [0.4, 0.5) is 5.69 Å². The van der Waals surface area contributed by atoms with Gasteiger partial charge in [-0.15, -0.1) is 11.8 Å². The number of thioether (sulfide) groups is 1. The zero-order valence-corrected chi connectivity index (χ0v) is 11.4. The van der Waals surface area contributed by atoms with Gasteiger partial charge < -0.3 is 10.5 Å². The second-order valence-electron chi connectivity index (χ2n) is 4.54. The van der Waals surface area contributed by atoms with E-state index in [2.05, 4.69) is 25.8 Å². The zero-order chi connectivity index (χ0) is 13.1. The number of hydrogen-bond donors (Lipinski definition) is 1. The average molecular weight is 254 g/mol. The molecule has 0 aliphatic carbocycles. The van der Waals surface area contributed by atoms with Crippen molar-refractivity contribution in [3.8, 4) is 0 Å². The van der Waals surface area contributed by atoms with E-state index >= 15 is 0 Å². The molecule has 0 aliphatic heterocycles. The third-order valence-electron chi connectivity index (χ3n) is 1.82. The number of aromatic nitrogens is 1. The van der Waals surface area contributed by atoms with Crippen LogP contribution in [0.5, 0.6) is 0 Å².